The monoisotopic (exact) mass is 357 g/mol. The number of anilines is 1. The predicted molar refractivity (Wildman–Crippen MR) is 100 cm³/mol. The molecule has 1 heterocycles. The van der Waals surface area contributed by atoms with Gasteiger partial charge in [0.15, 0.2) is 5.13 Å². The summed E-state index contributed by atoms with van der Waals surface area (Å²) in [7, 11) is 0. The Kier molecular flexibility index (Phi) is 6.17. The Hall–Kier alpha value is -2.21. The fourth-order valence-corrected chi connectivity index (χ4v) is 3.88. The van der Waals surface area contributed by atoms with E-state index >= 15 is 0 Å². The third-order valence-electron chi connectivity index (χ3n) is 4.47. The zero-order valence-electron chi connectivity index (χ0n) is 14.2. The number of amides is 2. The highest BCUT2D eigenvalue weighted by molar-refractivity contribution is 7.14. The van der Waals surface area contributed by atoms with Gasteiger partial charge in [0.05, 0.1) is 12.2 Å². The summed E-state index contributed by atoms with van der Waals surface area (Å²) in [5.41, 5.74) is 1.85. The van der Waals surface area contributed by atoms with Crippen molar-refractivity contribution >= 4 is 28.3 Å². The van der Waals surface area contributed by atoms with Crippen LogP contribution in [0.15, 0.2) is 35.7 Å². The minimum absolute atomic E-state index is 0.00813. The van der Waals surface area contributed by atoms with E-state index in [4.69, 9.17) is 0 Å². The molecule has 2 amide bonds. The van der Waals surface area contributed by atoms with Gasteiger partial charge in [-0.05, 0) is 18.8 Å². The lowest BCUT2D eigenvalue weighted by Gasteiger charge is -2.20. The second kappa shape index (κ2) is 8.76. The van der Waals surface area contributed by atoms with Crippen molar-refractivity contribution in [1.29, 1.82) is 0 Å². The van der Waals surface area contributed by atoms with Crippen molar-refractivity contribution in [1.82, 2.24) is 10.3 Å². The van der Waals surface area contributed by atoms with Crippen molar-refractivity contribution in [2.45, 2.75) is 38.5 Å². The van der Waals surface area contributed by atoms with Crippen LogP contribution in [0.1, 0.15) is 38.5 Å². The van der Waals surface area contributed by atoms with Crippen molar-refractivity contribution in [3.8, 4) is 11.3 Å². The lowest BCUT2D eigenvalue weighted by molar-refractivity contribution is -0.125. The van der Waals surface area contributed by atoms with E-state index in [0.717, 1.165) is 24.1 Å². The van der Waals surface area contributed by atoms with E-state index in [2.05, 4.69) is 15.6 Å². The first-order valence-electron chi connectivity index (χ1n) is 8.78. The Balaban J connectivity index is 1.43. The molecule has 0 atom stereocenters. The van der Waals surface area contributed by atoms with Crippen molar-refractivity contribution in [2.75, 3.05) is 11.9 Å². The van der Waals surface area contributed by atoms with Gasteiger partial charge in [0.1, 0.15) is 0 Å². The van der Waals surface area contributed by atoms with E-state index < -0.39 is 0 Å². The van der Waals surface area contributed by atoms with Gasteiger partial charge in [-0.2, -0.15) is 0 Å². The number of rotatable bonds is 6. The van der Waals surface area contributed by atoms with Gasteiger partial charge < -0.3 is 10.6 Å². The number of aromatic nitrogens is 1. The van der Waals surface area contributed by atoms with E-state index in [1.54, 1.807) is 0 Å². The van der Waals surface area contributed by atoms with Gasteiger partial charge in [-0.25, -0.2) is 4.98 Å². The number of nitrogens with one attached hydrogen (secondary N) is 2. The van der Waals surface area contributed by atoms with Crippen LogP contribution in [0.3, 0.4) is 0 Å². The van der Waals surface area contributed by atoms with Crippen molar-refractivity contribution in [3.63, 3.8) is 0 Å². The predicted octanol–water partition coefficient (Wildman–Crippen LogP) is 3.84. The molecule has 1 aromatic carbocycles. The van der Waals surface area contributed by atoms with Crippen molar-refractivity contribution in [2.24, 2.45) is 5.92 Å². The molecule has 0 radical (unpaired) electrons. The van der Waals surface area contributed by atoms with Gasteiger partial charge in [0.25, 0.3) is 0 Å². The van der Waals surface area contributed by atoms with Gasteiger partial charge in [-0.1, -0.05) is 49.6 Å². The third kappa shape index (κ3) is 5.39. The number of hydrogen-bond acceptors (Lipinski definition) is 4. The summed E-state index contributed by atoms with van der Waals surface area (Å²) in [5, 5.41) is 7.92. The third-order valence-corrected chi connectivity index (χ3v) is 5.22. The van der Waals surface area contributed by atoms with Gasteiger partial charge in [-0.15, -0.1) is 11.3 Å². The van der Waals surface area contributed by atoms with Crippen LogP contribution in [0.25, 0.3) is 11.3 Å². The first kappa shape index (κ1) is 17.6. The number of carbonyl (C=O) groups excluding carboxylic acids is 2. The quantitative estimate of drug-likeness (QED) is 0.825. The summed E-state index contributed by atoms with van der Waals surface area (Å²) in [6.07, 6.45) is 6.49. The highest BCUT2D eigenvalue weighted by Gasteiger charge is 2.17. The van der Waals surface area contributed by atoms with E-state index in [-0.39, 0.29) is 18.4 Å². The summed E-state index contributed by atoms with van der Waals surface area (Å²) >= 11 is 1.38. The lowest BCUT2D eigenvalue weighted by atomic mass is 9.87. The van der Waals surface area contributed by atoms with Crippen LogP contribution in [-0.4, -0.2) is 23.3 Å². The SMILES string of the molecule is O=C(CC1CCCCC1)NCC(=O)Nc1nc(-c2ccccc2)cs1. The maximum Gasteiger partial charge on any atom is 0.245 e. The minimum atomic E-state index is -0.244. The first-order valence-corrected chi connectivity index (χ1v) is 9.66. The lowest BCUT2D eigenvalue weighted by Crippen LogP contribution is -2.34. The molecule has 5 nitrogen and oxygen atoms in total. The highest BCUT2D eigenvalue weighted by atomic mass is 32.1. The largest absolute Gasteiger partial charge is 0.347 e. The van der Waals surface area contributed by atoms with Gasteiger partial charge in [0, 0.05) is 17.4 Å². The van der Waals surface area contributed by atoms with Crippen LogP contribution < -0.4 is 10.6 Å². The standard InChI is InChI=1S/C19H23N3O2S/c23-17(11-14-7-3-1-4-8-14)20-12-18(24)22-19-21-16(13-25-19)15-9-5-2-6-10-15/h2,5-6,9-10,13-14H,1,3-4,7-8,11-12H2,(H,20,23)(H,21,22,24). The molecule has 0 bridgehead atoms. The van der Waals surface area contributed by atoms with Crippen LogP contribution in [0.2, 0.25) is 0 Å². The summed E-state index contributed by atoms with van der Waals surface area (Å²) in [4.78, 5) is 28.4. The zero-order chi connectivity index (χ0) is 17.5. The molecular formula is C19H23N3O2S. The van der Waals surface area contributed by atoms with Gasteiger partial charge in [0.2, 0.25) is 11.8 Å². The number of hydrogen-bond donors (Lipinski definition) is 2. The summed E-state index contributed by atoms with van der Waals surface area (Å²) in [5.74, 6) is 0.196. The summed E-state index contributed by atoms with van der Waals surface area (Å²) in [6.45, 7) is -0.00813. The summed E-state index contributed by atoms with van der Waals surface area (Å²) < 4.78 is 0. The molecule has 1 fully saturated rings. The van der Waals surface area contributed by atoms with E-state index in [1.807, 2.05) is 35.7 Å². The molecule has 2 N–H and O–H groups in total. The second-order valence-corrected chi connectivity index (χ2v) is 7.30. The summed E-state index contributed by atoms with van der Waals surface area (Å²) in [6, 6.07) is 9.82. The topological polar surface area (TPSA) is 71.1 Å². The molecule has 0 unspecified atom stereocenters. The highest BCUT2D eigenvalue weighted by Crippen LogP contribution is 2.26. The zero-order valence-corrected chi connectivity index (χ0v) is 15.0. The van der Waals surface area contributed by atoms with Crippen LogP contribution in [0, 0.1) is 5.92 Å². The first-order chi connectivity index (χ1) is 12.2. The molecule has 132 valence electrons. The van der Waals surface area contributed by atoms with Crippen LogP contribution >= 0.6 is 11.3 Å². The molecular weight excluding hydrogens is 334 g/mol. The molecule has 0 aliphatic heterocycles. The van der Waals surface area contributed by atoms with Crippen molar-refractivity contribution in [3.05, 3.63) is 35.7 Å². The number of carbonyl (C=O) groups is 2. The fourth-order valence-electron chi connectivity index (χ4n) is 3.14. The number of nitrogens with zero attached hydrogens (tertiary/aromatic N) is 1. The Morgan fingerprint density at radius 1 is 1.08 bits per heavy atom. The van der Waals surface area contributed by atoms with E-state index in [1.165, 1.54) is 30.6 Å². The normalized spacial score (nSPS) is 14.9. The van der Waals surface area contributed by atoms with Crippen molar-refractivity contribution < 1.29 is 9.59 Å². The molecule has 0 spiro atoms. The Morgan fingerprint density at radius 3 is 2.60 bits per heavy atom. The van der Waals surface area contributed by atoms with Gasteiger partial charge >= 0.3 is 0 Å². The molecule has 1 aliphatic carbocycles. The van der Waals surface area contributed by atoms with Gasteiger partial charge in [-0.3, -0.25) is 9.59 Å². The van der Waals surface area contributed by atoms with Crippen LogP contribution in [0.5, 0.6) is 0 Å². The van der Waals surface area contributed by atoms with Crippen LogP contribution in [0.4, 0.5) is 5.13 Å². The molecule has 1 aliphatic rings. The maximum atomic E-state index is 12.0. The van der Waals surface area contributed by atoms with Crippen LogP contribution in [-0.2, 0) is 9.59 Å². The van der Waals surface area contributed by atoms with E-state index in [9.17, 15) is 9.59 Å². The Labute approximate surface area is 151 Å². The molecule has 25 heavy (non-hydrogen) atoms. The molecule has 2 aromatic rings. The maximum absolute atomic E-state index is 12.0. The number of benzene rings is 1. The average molecular weight is 357 g/mol. The molecule has 1 saturated carbocycles. The fraction of sp³-hybridized carbons (Fsp3) is 0.421. The molecule has 3 rings (SSSR count). The van der Waals surface area contributed by atoms with E-state index in [0.29, 0.717) is 17.5 Å². The second-order valence-electron chi connectivity index (χ2n) is 6.44. The number of thiazole rings is 1. The average Bonchev–Trinajstić information content (AvgIpc) is 3.10. The smallest absolute Gasteiger partial charge is 0.245 e. The molecule has 1 aromatic heterocycles. The Morgan fingerprint density at radius 2 is 1.84 bits per heavy atom. The minimum Gasteiger partial charge on any atom is -0.347 e. The Bertz CT molecular complexity index is 708. The molecule has 0 saturated heterocycles. The molecule has 6 heteroatoms.